The van der Waals surface area contributed by atoms with Crippen LogP contribution in [0.4, 0.5) is 8.78 Å². The Morgan fingerprint density at radius 2 is 2.07 bits per heavy atom. The standard InChI is InChI=1S/C18H13BrF2N3O4PS/c19-15-12-7-10(4-5-14(12)30-16(15)18(20,21)29(26,27)28)17(25)22-8-11-9-23-24-6-2-1-3-13(11)24/h1-7,9H,8H2,(H,22,25)(H2,26,27,28). The Morgan fingerprint density at radius 3 is 2.80 bits per heavy atom. The molecule has 0 saturated carbocycles. The second kappa shape index (κ2) is 7.51. The van der Waals surface area contributed by atoms with Crippen LogP contribution in [0.15, 0.2) is 53.3 Å². The van der Waals surface area contributed by atoms with Crippen LogP contribution < -0.4 is 5.32 Å². The molecule has 0 bridgehead atoms. The molecule has 156 valence electrons. The Hall–Kier alpha value is -2.17. The number of hydrogen-bond acceptors (Lipinski definition) is 4. The van der Waals surface area contributed by atoms with Crippen molar-refractivity contribution in [1.82, 2.24) is 14.9 Å². The zero-order valence-corrected chi connectivity index (χ0v) is 18.2. The number of fused-ring (bicyclic) bond motifs is 2. The molecule has 7 nitrogen and oxygen atoms in total. The molecule has 12 heteroatoms. The van der Waals surface area contributed by atoms with E-state index < -0.39 is 24.0 Å². The summed E-state index contributed by atoms with van der Waals surface area (Å²) in [4.78, 5) is 29.8. The normalized spacial score (nSPS) is 12.6. The summed E-state index contributed by atoms with van der Waals surface area (Å²) in [5, 5.41) is 7.23. The Balaban J connectivity index is 1.61. The van der Waals surface area contributed by atoms with Gasteiger partial charge in [0.1, 0.15) is 4.88 Å². The number of aromatic nitrogens is 2. The van der Waals surface area contributed by atoms with E-state index in [9.17, 15) is 18.1 Å². The fraction of sp³-hybridized carbons (Fsp3) is 0.111. The Labute approximate surface area is 180 Å². The van der Waals surface area contributed by atoms with Crippen LogP contribution in [0.2, 0.25) is 0 Å². The van der Waals surface area contributed by atoms with Gasteiger partial charge in [-0.2, -0.15) is 13.9 Å². The molecule has 3 heterocycles. The largest absolute Gasteiger partial charge is 0.400 e. The highest BCUT2D eigenvalue weighted by molar-refractivity contribution is 9.10. The molecule has 0 radical (unpaired) electrons. The molecule has 1 amide bonds. The van der Waals surface area contributed by atoms with Gasteiger partial charge in [-0.05, 0) is 46.3 Å². The van der Waals surface area contributed by atoms with E-state index in [1.165, 1.54) is 18.2 Å². The van der Waals surface area contributed by atoms with Gasteiger partial charge in [-0.15, -0.1) is 11.3 Å². The van der Waals surface area contributed by atoms with Gasteiger partial charge < -0.3 is 15.1 Å². The maximum atomic E-state index is 14.2. The van der Waals surface area contributed by atoms with Crippen LogP contribution >= 0.6 is 34.9 Å². The van der Waals surface area contributed by atoms with Crippen LogP contribution in [0.1, 0.15) is 20.8 Å². The number of benzene rings is 1. The maximum Gasteiger partial charge on any atom is 0.400 e. The first kappa shape index (κ1) is 21.1. The number of carbonyl (C=O) groups is 1. The summed E-state index contributed by atoms with van der Waals surface area (Å²) in [5.74, 6) is -0.423. The SMILES string of the molecule is O=C(NCc1cnn2ccccc12)c1ccc2sc(C(F)(F)P(=O)(O)O)c(Br)c2c1. The minimum atomic E-state index is -5.70. The van der Waals surface area contributed by atoms with Gasteiger partial charge in [-0.25, -0.2) is 4.52 Å². The lowest BCUT2D eigenvalue weighted by atomic mass is 10.1. The molecule has 1 aromatic carbocycles. The van der Waals surface area contributed by atoms with E-state index in [4.69, 9.17) is 9.79 Å². The number of hydrogen-bond donors (Lipinski definition) is 3. The minimum absolute atomic E-state index is 0.145. The van der Waals surface area contributed by atoms with Crippen LogP contribution in [0.3, 0.4) is 0 Å². The number of carbonyl (C=O) groups excluding carboxylic acids is 1. The van der Waals surface area contributed by atoms with Crippen LogP contribution in [-0.2, 0) is 16.8 Å². The topological polar surface area (TPSA) is 104 Å². The monoisotopic (exact) mass is 515 g/mol. The number of alkyl halides is 2. The predicted octanol–water partition coefficient (Wildman–Crippen LogP) is 4.47. The summed E-state index contributed by atoms with van der Waals surface area (Å²) in [6.07, 6.45) is 3.43. The van der Waals surface area contributed by atoms with Gasteiger partial charge in [0.25, 0.3) is 5.91 Å². The van der Waals surface area contributed by atoms with Gasteiger partial charge in [0, 0.05) is 38.4 Å². The quantitative estimate of drug-likeness (QED) is 0.340. The molecule has 4 rings (SSSR count). The molecule has 0 aliphatic heterocycles. The first-order chi connectivity index (χ1) is 14.1. The summed E-state index contributed by atoms with van der Waals surface area (Å²) in [6, 6.07) is 9.90. The Morgan fingerprint density at radius 1 is 1.30 bits per heavy atom. The lowest BCUT2D eigenvalue weighted by Crippen LogP contribution is -2.22. The van der Waals surface area contributed by atoms with Crippen LogP contribution in [0.25, 0.3) is 15.6 Å². The van der Waals surface area contributed by atoms with Crippen molar-refractivity contribution in [2.24, 2.45) is 0 Å². The van der Waals surface area contributed by atoms with E-state index >= 15 is 0 Å². The third kappa shape index (κ3) is 3.57. The zero-order chi connectivity index (χ0) is 21.7. The van der Waals surface area contributed by atoms with E-state index in [0.29, 0.717) is 16.0 Å². The van der Waals surface area contributed by atoms with Crippen LogP contribution in [0, 0.1) is 0 Å². The third-order valence-corrected chi connectivity index (χ3v) is 7.91. The fourth-order valence-corrected chi connectivity index (χ4v) is 5.86. The molecular weight excluding hydrogens is 503 g/mol. The van der Waals surface area contributed by atoms with Crippen molar-refractivity contribution in [3.8, 4) is 0 Å². The molecule has 0 atom stereocenters. The molecule has 3 aromatic heterocycles. The maximum absolute atomic E-state index is 14.2. The van der Waals surface area contributed by atoms with E-state index in [1.54, 1.807) is 16.9 Å². The van der Waals surface area contributed by atoms with Gasteiger partial charge in [0.15, 0.2) is 0 Å². The lowest BCUT2D eigenvalue weighted by Gasteiger charge is -2.16. The molecule has 0 aliphatic rings. The first-order valence-corrected chi connectivity index (χ1v) is 11.7. The highest BCUT2D eigenvalue weighted by Crippen LogP contribution is 2.62. The highest BCUT2D eigenvalue weighted by atomic mass is 79.9. The second-order valence-corrected chi connectivity index (χ2v) is 9.92. The van der Waals surface area contributed by atoms with Crippen LogP contribution in [-0.4, -0.2) is 25.3 Å². The fourth-order valence-electron chi connectivity index (χ4n) is 2.94. The van der Waals surface area contributed by atoms with Crippen molar-refractivity contribution in [2.75, 3.05) is 0 Å². The van der Waals surface area contributed by atoms with Crippen molar-refractivity contribution in [1.29, 1.82) is 0 Å². The van der Waals surface area contributed by atoms with E-state index in [2.05, 4.69) is 26.3 Å². The van der Waals surface area contributed by atoms with E-state index in [0.717, 1.165) is 11.1 Å². The van der Waals surface area contributed by atoms with E-state index in [-0.39, 0.29) is 22.0 Å². The van der Waals surface area contributed by atoms with Crippen molar-refractivity contribution < 1.29 is 27.9 Å². The number of nitrogens with zero attached hydrogens (tertiary/aromatic N) is 2. The number of rotatable bonds is 5. The van der Waals surface area contributed by atoms with Gasteiger partial charge in [-0.1, -0.05) is 6.07 Å². The van der Waals surface area contributed by atoms with Crippen molar-refractivity contribution in [3.63, 3.8) is 0 Å². The van der Waals surface area contributed by atoms with Crippen molar-refractivity contribution in [2.45, 2.75) is 12.2 Å². The smallest absolute Gasteiger partial charge is 0.348 e. The third-order valence-electron chi connectivity index (χ3n) is 4.47. The summed E-state index contributed by atoms with van der Waals surface area (Å²) in [7, 11) is -5.70. The number of amides is 1. The molecule has 30 heavy (non-hydrogen) atoms. The number of pyridine rings is 1. The molecule has 0 unspecified atom stereocenters. The summed E-state index contributed by atoms with van der Waals surface area (Å²) >= 11 is 3.56. The molecule has 0 aliphatic carbocycles. The molecular formula is C18H13BrF2N3O4PS. The summed E-state index contributed by atoms with van der Waals surface area (Å²) in [6.45, 7) is 0.219. The van der Waals surface area contributed by atoms with Gasteiger partial charge in [0.05, 0.1) is 11.7 Å². The lowest BCUT2D eigenvalue weighted by molar-refractivity contribution is 0.0595. The molecule has 0 fully saturated rings. The number of thiophene rings is 1. The average molecular weight is 516 g/mol. The Bertz CT molecular complexity index is 1330. The number of halogens is 3. The van der Waals surface area contributed by atoms with Crippen molar-refractivity contribution in [3.05, 3.63) is 69.3 Å². The molecule has 3 N–H and O–H groups in total. The van der Waals surface area contributed by atoms with Crippen LogP contribution in [0.5, 0.6) is 0 Å². The minimum Gasteiger partial charge on any atom is -0.348 e. The summed E-state index contributed by atoms with van der Waals surface area (Å²) in [5.41, 5.74) is -2.45. The zero-order valence-electron chi connectivity index (χ0n) is 14.9. The number of nitrogens with one attached hydrogen (secondary N) is 1. The van der Waals surface area contributed by atoms with Gasteiger partial charge in [0.2, 0.25) is 0 Å². The average Bonchev–Trinajstić information content (AvgIpc) is 3.26. The highest BCUT2D eigenvalue weighted by Gasteiger charge is 2.53. The van der Waals surface area contributed by atoms with Crippen molar-refractivity contribution >= 4 is 56.4 Å². The molecule has 4 aromatic rings. The second-order valence-electron chi connectivity index (χ2n) is 6.42. The molecule has 0 spiro atoms. The predicted molar refractivity (Wildman–Crippen MR) is 112 cm³/mol. The Kier molecular flexibility index (Phi) is 5.27. The molecule has 0 saturated heterocycles. The van der Waals surface area contributed by atoms with Gasteiger partial charge >= 0.3 is 13.3 Å². The first-order valence-electron chi connectivity index (χ1n) is 8.45. The summed E-state index contributed by atoms with van der Waals surface area (Å²) < 4.78 is 41.4. The van der Waals surface area contributed by atoms with E-state index in [1.807, 2.05) is 18.2 Å². The van der Waals surface area contributed by atoms with Gasteiger partial charge in [-0.3, -0.25) is 9.36 Å².